The third-order valence-electron chi connectivity index (χ3n) is 5.04. The van der Waals surface area contributed by atoms with E-state index in [1.54, 1.807) is 26.0 Å². The van der Waals surface area contributed by atoms with Gasteiger partial charge in [0.05, 0.1) is 6.54 Å². The topological polar surface area (TPSA) is 160 Å². The molecule has 1 aromatic rings. The van der Waals surface area contributed by atoms with Gasteiger partial charge in [0, 0.05) is 6.42 Å². The fourth-order valence-corrected chi connectivity index (χ4v) is 3.16. The molecule has 0 aliphatic heterocycles. The number of amides is 5. The van der Waals surface area contributed by atoms with Crippen LogP contribution in [0.1, 0.15) is 46.1 Å². The van der Waals surface area contributed by atoms with Crippen LogP contribution in [0, 0.1) is 11.8 Å². The lowest BCUT2D eigenvalue weighted by molar-refractivity contribution is -0.140. The summed E-state index contributed by atoms with van der Waals surface area (Å²) >= 11 is 0. The van der Waals surface area contributed by atoms with Crippen LogP contribution in [0.4, 0.5) is 4.79 Å². The zero-order chi connectivity index (χ0) is 27.3. The summed E-state index contributed by atoms with van der Waals surface area (Å²) in [5.74, 6) is -2.83. The summed E-state index contributed by atoms with van der Waals surface area (Å²) in [5.41, 5.74) is 8.36. The first-order valence-corrected chi connectivity index (χ1v) is 11.7. The van der Waals surface area contributed by atoms with Gasteiger partial charge in [-0.05, 0) is 29.9 Å². The Morgan fingerprint density at radius 1 is 1.03 bits per heavy atom. The second-order valence-corrected chi connectivity index (χ2v) is 9.00. The van der Waals surface area contributed by atoms with Crippen LogP contribution in [0.3, 0.4) is 0 Å². The third-order valence-corrected chi connectivity index (χ3v) is 5.04. The third kappa shape index (κ3) is 11.0. The van der Waals surface area contributed by atoms with E-state index in [0.717, 1.165) is 16.6 Å². The van der Waals surface area contributed by atoms with E-state index in [1.165, 1.54) is 0 Å². The van der Waals surface area contributed by atoms with E-state index in [0.29, 0.717) is 0 Å². The predicted molar refractivity (Wildman–Crippen MR) is 134 cm³/mol. The molecule has 1 aromatic carbocycles. The predicted octanol–water partition coefficient (Wildman–Crippen LogP) is 1.39. The SMILES string of the molecule is C=CC(=O)N(CCC(N)=O)NC(=O)[C@H](CC(C)C)NC(=O)[C@@H](NC(=O)OCc1ccccc1)C(C)C. The Labute approximate surface area is 211 Å². The first-order chi connectivity index (χ1) is 16.9. The number of nitrogens with zero attached hydrogens (tertiary/aromatic N) is 1. The van der Waals surface area contributed by atoms with Crippen LogP contribution in [0.15, 0.2) is 43.0 Å². The van der Waals surface area contributed by atoms with Crippen LogP contribution in [0.5, 0.6) is 0 Å². The molecule has 0 saturated carbocycles. The summed E-state index contributed by atoms with van der Waals surface area (Å²) in [6.07, 6.45) is 0.293. The minimum atomic E-state index is -1.02. The molecule has 0 bridgehead atoms. The highest BCUT2D eigenvalue weighted by molar-refractivity contribution is 5.93. The summed E-state index contributed by atoms with van der Waals surface area (Å²) in [5, 5.41) is 6.13. The molecule has 1 rings (SSSR count). The van der Waals surface area contributed by atoms with Gasteiger partial charge in [-0.3, -0.25) is 24.6 Å². The average molecular weight is 504 g/mol. The smallest absolute Gasteiger partial charge is 0.408 e. The first-order valence-electron chi connectivity index (χ1n) is 11.7. The first kappa shape index (κ1) is 30.1. The van der Waals surface area contributed by atoms with Crippen molar-refractivity contribution in [2.75, 3.05) is 6.54 Å². The van der Waals surface area contributed by atoms with Crippen LogP contribution in [-0.4, -0.2) is 53.4 Å². The lowest BCUT2D eigenvalue weighted by Crippen LogP contribution is -2.58. The number of primary amides is 1. The Balaban J connectivity index is 2.89. The number of hydrogen-bond acceptors (Lipinski definition) is 6. The van der Waals surface area contributed by atoms with E-state index in [9.17, 15) is 24.0 Å². The second kappa shape index (κ2) is 15.2. The molecular weight excluding hydrogens is 466 g/mol. The molecule has 0 radical (unpaired) electrons. The van der Waals surface area contributed by atoms with E-state index in [1.807, 2.05) is 32.0 Å². The van der Waals surface area contributed by atoms with Crippen LogP contribution < -0.4 is 21.8 Å². The molecule has 0 aromatic heterocycles. The van der Waals surface area contributed by atoms with Crippen molar-refractivity contribution >= 4 is 29.7 Å². The molecule has 0 fully saturated rings. The number of carbonyl (C=O) groups excluding carboxylic acids is 5. The van der Waals surface area contributed by atoms with Gasteiger partial charge in [-0.1, -0.05) is 64.6 Å². The molecule has 0 aliphatic rings. The molecular formula is C25H37N5O6. The molecule has 0 aliphatic carbocycles. The maximum absolute atomic E-state index is 13.1. The van der Waals surface area contributed by atoms with Gasteiger partial charge in [0.25, 0.3) is 11.8 Å². The fraction of sp³-hybridized carbons (Fsp3) is 0.480. The molecule has 36 heavy (non-hydrogen) atoms. The molecule has 0 saturated heterocycles. The number of benzene rings is 1. The normalized spacial score (nSPS) is 12.3. The highest BCUT2D eigenvalue weighted by Gasteiger charge is 2.30. The van der Waals surface area contributed by atoms with Gasteiger partial charge in [0.1, 0.15) is 18.7 Å². The lowest BCUT2D eigenvalue weighted by atomic mass is 10.00. The molecule has 5 amide bonds. The summed E-state index contributed by atoms with van der Waals surface area (Å²) in [6.45, 7) is 10.5. The van der Waals surface area contributed by atoms with E-state index in [4.69, 9.17) is 10.5 Å². The van der Waals surface area contributed by atoms with Gasteiger partial charge < -0.3 is 21.1 Å². The van der Waals surface area contributed by atoms with E-state index >= 15 is 0 Å². The summed E-state index contributed by atoms with van der Waals surface area (Å²) in [6, 6.07) is 7.09. The summed E-state index contributed by atoms with van der Waals surface area (Å²) in [7, 11) is 0. The maximum atomic E-state index is 13.1. The van der Waals surface area contributed by atoms with Crippen LogP contribution >= 0.6 is 0 Å². The largest absolute Gasteiger partial charge is 0.445 e. The fourth-order valence-electron chi connectivity index (χ4n) is 3.16. The maximum Gasteiger partial charge on any atom is 0.408 e. The molecule has 5 N–H and O–H groups in total. The van der Waals surface area contributed by atoms with Crippen molar-refractivity contribution in [1.82, 2.24) is 21.1 Å². The number of ether oxygens (including phenoxy) is 1. The van der Waals surface area contributed by atoms with Crippen LogP contribution in [-0.2, 0) is 30.5 Å². The second-order valence-electron chi connectivity index (χ2n) is 9.00. The number of hydrogen-bond donors (Lipinski definition) is 4. The van der Waals surface area contributed by atoms with Gasteiger partial charge in [-0.15, -0.1) is 0 Å². The number of carbonyl (C=O) groups is 5. The lowest BCUT2D eigenvalue weighted by Gasteiger charge is -2.28. The molecule has 11 nitrogen and oxygen atoms in total. The van der Waals surface area contributed by atoms with Gasteiger partial charge in [0.15, 0.2) is 0 Å². The van der Waals surface area contributed by atoms with Crippen molar-refractivity contribution in [3.63, 3.8) is 0 Å². The molecule has 11 heteroatoms. The number of nitrogens with one attached hydrogen (secondary N) is 3. The van der Waals surface area contributed by atoms with Crippen molar-refractivity contribution < 1.29 is 28.7 Å². The van der Waals surface area contributed by atoms with E-state index in [2.05, 4.69) is 22.6 Å². The Morgan fingerprint density at radius 3 is 2.19 bits per heavy atom. The molecule has 198 valence electrons. The van der Waals surface area contributed by atoms with Crippen LogP contribution in [0.2, 0.25) is 0 Å². The highest BCUT2D eigenvalue weighted by atomic mass is 16.5. The summed E-state index contributed by atoms with van der Waals surface area (Å²) < 4.78 is 5.21. The van der Waals surface area contributed by atoms with Gasteiger partial charge in [0.2, 0.25) is 11.8 Å². The molecule has 2 atom stereocenters. The zero-order valence-corrected chi connectivity index (χ0v) is 21.3. The van der Waals surface area contributed by atoms with Gasteiger partial charge >= 0.3 is 6.09 Å². The van der Waals surface area contributed by atoms with E-state index in [-0.39, 0.29) is 37.8 Å². The monoisotopic (exact) mass is 503 g/mol. The minimum absolute atomic E-state index is 0.0107. The Morgan fingerprint density at radius 2 is 1.67 bits per heavy atom. The number of hydrazine groups is 1. The molecule has 0 spiro atoms. The van der Waals surface area contributed by atoms with Gasteiger partial charge in [-0.25, -0.2) is 9.80 Å². The summed E-state index contributed by atoms with van der Waals surface area (Å²) in [4.78, 5) is 61.6. The van der Waals surface area contributed by atoms with Gasteiger partial charge in [-0.2, -0.15) is 0 Å². The Hall–Kier alpha value is -3.89. The quantitative estimate of drug-likeness (QED) is 0.235. The average Bonchev–Trinajstić information content (AvgIpc) is 2.82. The van der Waals surface area contributed by atoms with Crippen molar-refractivity contribution in [1.29, 1.82) is 0 Å². The number of nitrogens with two attached hydrogens (primary N) is 1. The Kier molecular flexibility index (Phi) is 12.7. The Bertz CT molecular complexity index is 919. The van der Waals surface area contributed by atoms with Crippen LogP contribution in [0.25, 0.3) is 0 Å². The number of rotatable bonds is 13. The van der Waals surface area contributed by atoms with Crippen molar-refractivity contribution in [2.24, 2.45) is 17.6 Å². The standard InChI is InChI=1S/C25H37N5O6/c1-6-21(32)30(13-12-20(26)31)29-23(33)19(14-16(2)3)27-24(34)22(17(4)5)28-25(35)36-15-18-10-8-7-9-11-18/h6-11,16-17,19,22H,1,12-15H2,2-5H3,(H2,26,31)(H,27,34)(H,28,35)(H,29,33)/t19-,22-/m0/s1. The highest BCUT2D eigenvalue weighted by Crippen LogP contribution is 2.09. The number of alkyl carbamates (subject to hydrolysis) is 1. The van der Waals surface area contributed by atoms with E-state index < -0.39 is 41.8 Å². The van der Waals surface area contributed by atoms with Crippen molar-refractivity contribution in [3.8, 4) is 0 Å². The molecule has 0 heterocycles. The minimum Gasteiger partial charge on any atom is -0.445 e. The van der Waals surface area contributed by atoms with Crippen molar-refractivity contribution in [2.45, 2.75) is 59.2 Å². The molecule has 0 unspecified atom stereocenters. The van der Waals surface area contributed by atoms with Crippen molar-refractivity contribution in [3.05, 3.63) is 48.6 Å². The zero-order valence-electron chi connectivity index (χ0n) is 21.3.